The van der Waals surface area contributed by atoms with E-state index in [1.54, 1.807) is 4.90 Å². The molecular formula is C14H26N2O2. The Balaban J connectivity index is 2.70. The molecule has 4 heteroatoms. The van der Waals surface area contributed by atoms with Crippen LogP contribution in [0.25, 0.3) is 0 Å². The van der Waals surface area contributed by atoms with Crippen molar-refractivity contribution >= 4 is 11.8 Å². The van der Waals surface area contributed by atoms with E-state index < -0.39 is 0 Å². The topological polar surface area (TPSA) is 63.4 Å². The van der Waals surface area contributed by atoms with Gasteiger partial charge in [0.1, 0.15) is 0 Å². The Hall–Kier alpha value is -0.900. The molecule has 1 aliphatic carbocycles. The molecule has 0 aromatic heterocycles. The third-order valence-corrected chi connectivity index (χ3v) is 3.57. The van der Waals surface area contributed by atoms with Crippen LogP contribution in [0.15, 0.2) is 0 Å². The van der Waals surface area contributed by atoms with Gasteiger partial charge in [-0.2, -0.15) is 0 Å². The molecule has 18 heavy (non-hydrogen) atoms. The highest BCUT2D eigenvalue weighted by Crippen LogP contribution is 2.24. The number of nitrogens with zero attached hydrogens (tertiary/aromatic N) is 1. The van der Waals surface area contributed by atoms with Crippen molar-refractivity contribution in [2.45, 2.75) is 77.3 Å². The van der Waals surface area contributed by atoms with Crippen LogP contribution < -0.4 is 5.73 Å². The first-order valence-electron chi connectivity index (χ1n) is 7.20. The number of hydrogen-bond acceptors (Lipinski definition) is 3. The van der Waals surface area contributed by atoms with E-state index in [9.17, 15) is 9.59 Å². The molecule has 0 aromatic rings. The molecule has 1 fully saturated rings. The summed E-state index contributed by atoms with van der Waals surface area (Å²) in [6, 6.07) is 0.327. The van der Waals surface area contributed by atoms with Crippen LogP contribution in [0.4, 0.5) is 0 Å². The third kappa shape index (κ3) is 4.09. The van der Waals surface area contributed by atoms with Gasteiger partial charge in [-0.3, -0.25) is 14.5 Å². The molecule has 0 radical (unpaired) electrons. The summed E-state index contributed by atoms with van der Waals surface area (Å²) in [5, 5.41) is 0. The Labute approximate surface area is 110 Å². The van der Waals surface area contributed by atoms with Gasteiger partial charge in [0.15, 0.2) is 0 Å². The standard InChI is InChI=1S/C14H26N2O2/c1-3-5-13(17)16(14(18)6-4-2)12-9-7-11(15)8-10-12/h11-12H,3-10,15H2,1-2H3. The maximum Gasteiger partial charge on any atom is 0.229 e. The van der Waals surface area contributed by atoms with Gasteiger partial charge in [-0.15, -0.1) is 0 Å². The third-order valence-electron chi connectivity index (χ3n) is 3.57. The lowest BCUT2D eigenvalue weighted by Gasteiger charge is -2.34. The second-order valence-corrected chi connectivity index (χ2v) is 5.23. The Kier molecular flexibility index (Phi) is 6.33. The largest absolute Gasteiger partial charge is 0.328 e. The highest BCUT2D eigenvalue weighted by molar-refractivity contribution is 5.95. The molecule has 1 saturated carbocycles. The molecule has 0 heterocycles. The normalized spacial score (nSPS) is 23.7. The quantitative estimate of drug-likeness (QED) is 0.818. The zero-order valence-corrected chi connectivity index (χ0v) is 11.7. The summed E-state index contributed by atoms with van der Waals surface area (Å²) in [7, 11) is 0. The van der Waals surface area contributed by atoms with E-state index in [1.165, 1.54) is 0 Å². The Morgan fingerprint density at radius 2 is 1.44 bits per heavy atom. The molecule has 1 rings (SSSR count). The van der Waals surface area contributed by atoms with Crippen LogP contribution in [0.1, 0.15) is 65.2 Å². The summed E-state index contributed by atoms with van der Waals surface area (Å²) in [6.07, 6.45) is 6.09. The van der Waals surface area contributed by atoms with E-state index in [2.05, 4.69) is 0 Å². The number of imide groups is 1. The van der Waals surface area contributed by atoms with Crippen LogP contribution in [0.3, 0.4) is 0 Å². The highest BCUT2D eigenvalue weighted by Gasteiger charge is 2.31. The average Bonchev–Trinajstić information content (AvgIpc) is 2.33. The number of amides is 2. The molecule has 1 aliphatic rings. The van der Waals surface area contributed by atoms with Gasteiger partial charge in [-0.25, -0.2) is 0 Å². The van der Waals surface area contributed by atoms with E-state index in [0.29, 0.717) is 12.8 Å². The number of carbonyl (C=O) groups excluding carboxylic acids is 2. The van der Waals surface area contributed by atoms with E-state index in [-0.39, 0.29) is 23.9 Å². The minimum Gasteiger partial charge on any atom is -0.328 e. The summed E-state index contributed by atoms with van der Waals surface area (Å²) in [4.78, 5) is 25.8. The molecule has 0 atom stereocenters. The minimum atomic E-state index is -0.00331. The summed E-state index contributed by atoms with van der Waals surface area (Å²) < 4.78 is 0. The predicted molar refractivity (Wildman–Crippen MR) is 71.9 cm³/mol. The van der Waals surface area contributed by atoms with Crippen molar-refractivity contribution in [1.29, 1.82) is 0 Å². The zero-order chi connectivity index (χ0) is 13.5. The lowest BCUT2D eigenvalue weighted by atomic mass is 9.90. The average molecular weight is 254 g/mol. The summed E-state index contributed by atoms with van der Waals surface area (Å²) >= 11 is 0. The fourth-order valence-corrected chi connectivity index (χ4v) is 2.57. The van der Waals surface area contributed by atoms with Gasteiger partial charge in [-0.1, -0.05) is 13.8 Å². The van der Waals surface area contributed by atoms with E-state index in [0.717, 1.165) is 38.5 Å². The maximum atomic E-state index is 12.1. The number of rotatable bonds is 5. The first-order valence-corrected chi connectivity index (χ1v) is 7.20. The molecule has 0 aromatic carbocycles. The molecule has 2 N–H and O–H groups in total. The SMILES string of the molecule is CCCC(=O)N(C(=O)CCC)C1CCC(N)CC1. The number of carbonyl (C=O) groups is 2. The van der Waals surface area contributed by atoms with Crippen LogP contribution in [0.2, 0.25) is 0 Å². The smallest absolute Gasteiger partial charge is 0.229 e. The molecule has 4 nitrogen and oxygen atoms in total. The molecule has 104 valence electrons. The summed E-state index contributed by atoms with van der Waals surface area (Å²) in [6.45, 7) is 3.94. The molecule has 0 bridgehead atoms. The fourth-order valence-electron chi connectivity index (χ4n) is 2.57. The first-order chi connectivity index (χ1) is 8.60. The van der Waals surface area contributed by atoms with Crippen molar-refractivity contribution in [3.63, 3.8) is 0 Å². The Morgan fingerprint density at radius 1 is 1.00 bits per heavy atom. The van der Waals surface area contributed by atoms with Gasteiger partial charge in [0, 0.05) is 24.9 Å². The number of hydrogen-bond donors (Lipinski definition) is 1. The molecule has 0 spiro atoms. The van der Waals surface area contributed by atoms with Crippen molar-refractivity contribution < 1.29 is 9.59 Å². The van der Waals surface area contributed by atoms with Gasteiger partial charge < -0.3 is 5.73 Å². The second-order valence-electron chi connectivity index (χ2n) is 5.23. The molecule has 0 aliphatic heterocycles. The van der Waals surface area contributed by atoms with Crippen molar-refractivity contribution in [1.82, 2.24) is 4.90 Å². The van der Waals surface area contributed by atoms with E-state index in [1.807, 2.05) is 13.8 Å². The van der Waals surface area contributed by atoms with Crippen LogP contribution in [0.5, 0.6) is 0 Å². The predicted octanol–water partition coefficient (Wildman–Crippen LogP) is 2.21. The highest BCUT2D eigenvalue weighted by atomic mass is 16.2. The molecule has 0 saturated heterocycles. The summed E-state index contributed by atoms with van der Waals surface area (Å²) in [5.74, 6) is -0.00663. The van der Waals surface area contributed by atoms with Gasteiger partial charge in [0.2, 0.25) is 11.8 Å². The molecule has 0 unspecified atom stereocenters. The van der Waals surface area contributed by atoms with Crippen LogP contribution in [0, 0.1) is 0 Å². The van der Waals surface area contributed by atoms with Gasteiger partial charge >= 0.3 is 0 Å². The van der Waals surface area contributed by atoms with Crippen LogP contribution >= 0.6 is 0 Å². The van der Waals surface area contributed by atoms with Crippen molar-refractivity contribution in [2.24, 2.45) is 5.73 Å². The van der Waals surface area contributed by atoms with Gasteiger partial charge in [-0.05, 0) is 38.5 Å². The fraction of sp³-hybridized carbons (Fsp3) is 0.857. The lowest BCUT2D eigenvalue weighted by Crippen LogP contribution is -2.47. The van der Waals surface area contributed by atoms with Crippen molar-refractivity contribution in [3.05, 3.63) is 0 Å². The van der Waals surface area contributed by atoms with Crippen molar-refractivity contribution in [3.8, 4) is 0 Å². The number of nitrogens with two attached hydrogens (primary N) is 1. The zero-order valence-electron chi connectivity index (χ0n) is 11.7. The maximum absolute atomic E-state index is 12.1. The van der Waals surface area contributed by atoms with Crippen molar-refractivity contribution in [2.75, 3.05) is 0 Å². The molecular weight excluding hydrogens is 228 g/mol. The Bertz CT molecular complexity index is 266. The first kappa shape index (κ1) is 15.2. The van der Waals surface area contributed by atoms with Gasteiger partial charge in [0.25, 0.3) is 0 Å². The Morgan fingerprint density at radius 3 is 1.83 bits per heavy atom. The lowest BCUT2D eigenvalue weighted by molar-refractivity contribution is -0.148. The van der Waals surface area contributed by atoms with Gasteiger partial charge in [0.05, 0.1) is 0 Å². The molecule has 2 amide bonds. The monoisotopic (exact) mass is 254 g/mol. The minimum absolute atomic E-state index is 0.00331. The second kappa shape index (κ2) is 7.52. The summed E-state index contributed by atoms with van der Waals surface area (Å²) in [5.41, 5.74) is 5.88. The van der Waals surface area contributed by atoms with Crippen LogP contribution in [-0.2, 0) is 9.59 Å². The van der Waals surface area contributed by atoms with Crippen LogP contribution in [-0.4, -0.2) is 28.8 Å². The van der Waals surface area contributed by atoms with E-state index in [4.69, 9.17) is 5.73 Å². The van der Waals surface area contributed by atoms with E-state index >= 15 is 0 Å².